The van der Waals surface area contributed by atoms with Crippen molar-refractivity contribution >= 4 is 87.2 Å². The Morgan fingerprint density at radius 3 is 0.857 bits per heavy atom. The van der Waals surface area contributed by atoms with Crippen molar-refractivity contribution in [2.75, 3.05) is 0 Å². The third-order valence-corrected chi connectivity index (χ3v) is 17.2. The van der Waals surface area contributed by atoms with E-state index in [1.165, 1.54) is 12.1 Å². The summed E-state index contributed by atoms with van der Waals surface area (Å²) in [6.07, 6.45) is -15.2. The molecule has 408 valence electrons. The SMILES string of the molecule is FC(F)(F)c1ccc2c(c1)-c1cc(C(F)(F)F)ccc1C(c1c(-n3c4ccccc4c4ccccc43)c(-n3c4ccccc4c4ccccc43)c(C(F)(F)F)c(-n3c4ccccc4c4ccccc43)c1-n1c3ccccc3c3ccccc31)C2. The van der Waals surface area contributed by atoms with Crippen LogP contribution in [0, 0.1) is 0 Å². The molecular weight excluding hydrogens is 1080 g/mol. The van der Waals surface area contributed by atoms with Crippen LogP contribution < -0.4 is 0 Å². The number of aromatic nitrogens is 4. The number of nitrogens with zero attached hydrogens (tertiary/aromatic N) is 4. The number of alkyl halides is 9. The fourth-order valence-electron chi connectivity index (χ4n) is 13.9. The molecule has 0 N–H and O–H groups in total. The van der Waals surface area contributed by atoms with Crippen molar-refractivity contribution in [2.45, 2.75) is 30.9 Å². The summed E-state index contributed by atoms with van der Waals surface area (Å²) in [7, 11) is 0. The summed E-state index contributed by atoms with van der Waals surface area (Å²) in [5.74, 6) is -1.18. The summed E-state index contributed by atoms with van der Waals surface area (Å²) in [5, 5.41) is 5.53. The third kappa shape index (κ3) is 7.10. The fourth-order valence-corrected chi connectivity index (χ4v) is 13.9. The molecule has 4 heterocycles. The van der Waals surface area contributed by atoms with Gasteiger partial charge < -0.3 is 18.3 Å². The average Bonchev–Trinajstić information content (AvgIpc) is 1.63. The van der Waals surface area contributed by atoms with Crippen LogP contribution in [-0.2, 0) is 24.9 Å². The molecule has 11 aromatic carbocycles. The van der Waals surface area contributed by atoms with Crippen LogP contribution in [0.1, 0.15) is 39.3 Å². The molecule has 0 amide bonds. The molecule has 1 atom stereocenters. The standard InChI is InChI=1S/C71H41F9N4/c72-69(73,74)41-34-33-40-37-54(43-36-35-42(70(75,76)77)39-53(43)52(40)38-41)63-65(81-55-25-9-1-17-44(55)45-18-2-10-26-56(45)81)67(83-59-29-13-5-21-48(59)49-22-6-14-30-60(49)83)64(71(78,79)80)68(84-61-31-15-7-23-50(61)51-24-8-16-32-62(51)84)66(63)82-57-27-11-3-19-46(57)47-20-4-12-28-58(47)82/h1-36,38-39,54H,37H2. The molecule has 84 heavy (non-hydrogen) atoms. The Hall–Kier alpha value is -10.0. The van der Waals surface area contributed by atoms with Crippen molar-refractivity contribution in [1.29, 1.82) is 0 Å². The second-order valence-electron chi connectivity index (χ2n) is 21.6. The zero-order valence-electron chi connectivity index (χ0n) is 43.9. The molecule has 0 radical (unpaired) electrons. The molecule has 13 heteroatoms. The van der Waals surface area contributed by atoms with Gasteiger partial charge in [0.2, 0.25) is 0 Å². The van der Waals surface area contributed by atoms with Gasteiger partial charge in [-0.25, -0.2) is 0 Å². The smallest absolute Gasteiger partial charge is 0.307 e. The van der Waals surface area contributed by atoms with Gasteiger partial charge in [0.25, 0.3) is 0 Å². The molecule has 0 bridgehead atoms. The second-order valence-corrected chi connectivity index (χ2v) is 21.6. The molecule has 0 saturated carbocycles. The molecule has 15 aromatic rings. The van der Waals surface area contributed by atoms with E-state index in [1.54, 1.807) is 57.7 Å². The Bertz CT molecular complexity index is 4810. The van der Waals surface area contributed by atoms with Crippen molar-refractivity contribution in [1.82, 2.24) is 18.3 Å². The molecule has 4 aromatic heterocycles. The van der Waals surface area contributed by atoms with Crippen LogP contribution in [-0.4, -0.2) is 18.3 Å². The topological polar surface area (TPSA) is 19.7 Å². The van der Waals surface area contributed by atoms with Crippen molar-refractivity contribution in [3.8, 4) is 33.9 Å². The van der Waals surface area contributed by atoms with E-state index < -0.39 is 41.1 Å². The van der Waals surface area contributed by atoms with Crippen molar-refractivity contribution in [2.24, 2.45) is 0 Å². The highest BCUT2D eigenvalue weighted by molar-refractivity contribution is 6.15. The molecule has 0 spiro atoms. The summed E-state index contributed by atoms with van der Waals surface area (Å²) < 4.78 is 154. The normalized spacial score (nSPS) is 14.1. The second kappa shape index (κ2) is 17.7. The molecule has 1 aliphatic rings. The van der Waals surface area contributed by atoms with Crippen molar-refractivity contribution < 1.29 is 39.5 Å². The molecule has 0 aliphatic heterocycles. The van der Waals surface area contributed by atoms with Gasteiger partial charge in [-0.1, -0.05) is 158 Å². The van der Waals surface area contributed by atoms with E-state index in [4.69, 9.17) is 0 Å². The molecule has 16 rings (SSSR count). The summed E-state index contributed by atoms with van der Waals surface area (Å²) in [5.41, 5.74) is 0.900. The monoisotopic (exact) mass is 1120 g/mol. The fraction of sp³-hybridized carbons (Fsp3) is 0.0704. The lowest BCUT2D eigenvalue weighted by Crippen LogP contribution is -2.26. The van der Waals surface area contributed by atoms with Gasteiger partial charge in [0.05, 0.1) is 78.0 Å². The van der Waals surface area contributed by atoms with Crippen LogP contribution in [0.5, 0.6) is 0 Å². The van der Waals surface area contributed by atoms with E-state index in [-0.39, 0.29) is 57.0 Å². The van der Waals surface area contributed by atoms with E-state index in [2.05, 4.69) is 0 Å². The Labute approximate surface area is 471 Å². The quantitative estimate of drug-likeness (QED) is 0.153. The number of halogens is 9. The van der Waals surface area contributed by atoms with E-state index in [9.17, 15) is 13.2 Å². The molecule has 1 aliphatic carbocycles. The van der Waals surface area contributed by atoms with E-state index in [0.717, 1.165) is 45.8 Å². The lowest BCUT2D eigenvalue weighted by Gasteiger charge is -2.36. The third-order valence-electron chi connectivity index (χ3n) is 17.2. The maximum atomic E-state index is 18.6. The highest BCUT2D eigenvalue weighted by atomic mass is 19.4. The zero-order valence-corrected chi connectivity index (χ0v) is 43.9. The predicted octanol–water partition coefficient (Wildman–Crippen LogP) is 20.5. The molecule has 1 unspecified atom stereocenters. The number of hydrogen-bond donors (Lipinski definition) is 0. The van der Waals surface area contributed by atoms with Crippen molar-refractivity contribution in [3.05, 3.63) is 264 Å². The van der Waals surface area contributed by atoms with Gasteiger partial charge in [0, 0.05) is 54.6 Å². The minimum Gasteiger partial charge on any atom is -0.307 e. The number of hydrogen-bond acceptors (Lipinski definition) is 0. The van der Waals surface area contributed by atoms with Gasteiger partial charge in [0.15, 0.2) is 0 Å². The van der Waals surface area contributed by atoms with Gasteiger partial charge >= 0.3 is 18.5 Å². The van der Waals surface area contributed by atoms with E-state index in [1.807, 2.05) is 155 Å². The average molecular weight is 1120 g/mol. The lowest BCUT2D eigenvalue weighted by atomic mass is 9.73. The molecule has 0 saturated heterocycles. The highest BCUT2D eigenvalue weighted by Gasteiger charge is 2.47. The summed E-state index contributed by atoms with van der Waals surface area (Å²) in [6, 6.07) is 65.4. The summed E-state index contributed by atoms with van der Waals surface area (Å²) >= 11 is 0. The maximum Gasteiger partial charge on any atom is 0.420 e. The van der Waals surface area contributed by atoms with Crippen LogP contribution in [0.4, 0.5) is 39.5 Å². The first-order valence-corrected chi connectivity index (χ1v) is 27.3. The number of fused-ring (bicyclic) bond motifs is 15. The Morgan fingerprint density at radius 2 is 0.560 bits per heavy atom. The number of para-hydroxylation sites is 8. The first-order valence-electron chi connectivity index (χ1n) is 27.3. The molecular formula is C71H41F9N4. The minimum atomic E-state index is -5.23. The zero-order chi connectivity index (χ0) is 57.1. The number of rotatable bonds is 5. The maximum absolute atomic E-state index is 18.6. The van der Waals surface area contributed by atoms with Crippen LogP contribution >= 0.6 is 0 Å². The van der Waals surface area contributed by atoms with Gasteiger partial charge in [-0.05, 0) is 101 Å². The molecule has 4 nitrogen and oxygen atoms in total. The summed E-state index contributed by atoms with van der Waals surface area (Å²) in [4.78, 5) is 0. The van der Waals surface area contributed by atoms with Gasteiger partial charge in [-0.15, -0.1) is 0 Å². The van der Waals surface area contributed by atoms with E-state index >= 15 is 26.3 Å². The first kappa shape index (κ1) is 49.8. The predicted molar refractivity (Wildman–Crippen MR) is 316 cm³/mol. The Morgan fingerprint density at radius 1 is 0.286 bits per heavy atom. The van der Waals surface area contributed by atoms with Crippen LogP contribution in [0.25, 0.3) is 121 Å². The minimum absolute atomic E-state index is 0.0591. The van der Waals surface area contributed by atoms with Gasteiger partial charge in [0.1, 0.15) is 5.56 Å². The lowest BCUT2D eigenvalue weighted by molar-refractivity contribution is -0.138. The van der Waals surface area contributed by atoms with Crippen LogP contribution in [0.3, 0.4) is 0 Å². The first-order chi connectivity index (χ1) is 40.6. The van der Waals surface area contributed by atoms with Crippen molar-refractivity contribution in [3.63, 3.8) is 0 Å². The Kier molecular flexibility index (Phi) is 10.5. The van der Waals surface area contributed by atoms with Crippen LogP contribution in [0.15, 0.2) is 231 Å². The Balaban J connectivity index is 1.26. The van der Waals surface area contributed by atoms with Gasteiger partial charge in [-0.2, -0.15) is 39.5 Å². The number of benzene rings is 11. The van der Waals surface area contributed by atoms with Crippen LogP contribution in [0.2, 0.25) is 0 Å². The molecule has 0 fully saturated rings. The highest BCUT2D eigenvalue weighted by Crippen LogP contribution is 2.57. The summed E-state index contributed by atoms with van der Waals surface area (Å²) in [6.45, 7) is 0. The van der Waals surface area contributed by atoms with E-state index in [0.29, 0.717) is 65.7 Å². The largest absolute Gasteiger partial charge is 0.420 e. The van der Waals surface area contributed by atoms with Gasteiger partial charge in [-0.3, -0.25) is 0 Å².